The molecule has 1 atom stereocenters. The summed E-state index contributed by atoms with van der Waals surface area (Å²) in [6, 6.07) is 0. The first-order chi connectivity index (χ1) is 7.25. The minimum absolute atomic E-state index is 0.808. The number of aryl methyl sites for hydroxylation is 1. The van der Waals surface area contributed by atoms with Gasteiger partial charge in [0.1, 0.15) is 9.47 Å². The number of rotatable bonds is 0. The van der Waals surface area contributed by atoms with E-state index >= 15 is 0 Å². The van der Waals surface area contributed by atoms with Gasteiger partial charge in [-0.3, -0.25) is 0 Å². The van der Waals surface area contributed by atoms with Gasteiger partial charge in [0.2, 0.25) is 0 Å². The lowest BCUT2D eigenvalue weighted by Gasteiger charge is -2.17. The van der Waals surface area contributed by atoms with E-state index in [2.05, 4.69) is 16.9 Å². The van der Waals surface area contributed by atoms with Crippen LogP contribution < -0.4 is 0 Å². The second-order valence-electron chi connectivity index (χ2n) is 4.26. The Kier molecular flexibility index (Phi) is 2.14. The van der Waals surface area contributed by atoms with Crippen LogP contribution in [-0.4, -0.2) is 9.97 Å². The van der Waals surface area contributed by atoms with Crippen LogP contribution in [-0.2, 0) is 12.8 Å². The van der Waals surface area contributed by atoms with Crippen LogP contribution in [0.15, 0.2) is 6.33 Å². The predicted octanol–water partition coefficient (Wildman–Crippen LogP) is 3.48. The van der Waals surface area contributed by atoms with Crippen molar-refractivity contribution in [1.82, 2.24) is 9.97 Å². The normalized spacial score (nSPS) is 20.5. The van der Waals surface area contributed by atoms with E-state index in [1.807, 2.05) is 11.3 Å². The highest BCUT2D eigenvalue weighted by Gasteiger charge is 2.21. The van der Waals surface area contributed by atoms with Crippen molar-refractivity contribution in [3.63, 3.8) is 0 Å². The molecule has 0 bridgehead atoms. The maximum absolute atomic E-state index is 5.33. The highest BCUT2D eigenvalue weighted by Crippen LogP contribution is 2.36. The van der Waals surface area contributed by atoms with E-state index in [0.717, 1.165) is 15.4 Å². The van der Waals surface area contributed by atoms with Crippen molar-refractivity contribution in [2.24, 2.45) is 5.92 Å². The van der Waals surface area contributed by atoms with Gasteiger partial charge in [-0.2, -0.15) is 0 Å². The first kappa shape index (κ1) is 9.48. The Bertz CT molecular complexity index is 567. The van der Waals surface area contributed by atoms with Crippen LogP contribution >= 0.6 is 23.6 Å². The molecule has 1 aliphatic rings. The van der Waals surface area contributed by atoms with Crippen molar-refractivity contribution in [2.75, 3.05) is 0 Å². The Labute approximate surface area is 97.4 Å². The average molecular weight is 236 g/mol. The van der Waals surface area contributed by atoms with E-state index < -0.39 is 0 Å². The lowest BCUT2D eigenvalue weighted by molar-refractivity contribution is 0.509. The average Bonchev–Trinajstić information content (AvgIpc) is 2.56. The van der Waals surface area contributed by atoms with E-state index in [-0.39, 0.29) is 0 Å². The second-order valence-corrected chi connectivity index (χ2v) is 5.76. The highest BCUT2D eigenvalue weighted by atomic mass is 32.1. The number of fused-ring (bicyclic) bond motifs is 3. The molecular formula is C11H12N2S2. The van der Waals surface area contributed by atoms with Crippen molar-refractivity contribution in [3.8, 4) is 0 Å². The third kappa shape index (κ3) is 1.43. The molecule has 3 rings (SSSR count). The standard InChI is InChI=1S/C11H12N2S2/c1-6-2-3-7-8(4-6)15-11-9(7)10(14)12-5-13-11/h5-6H,2-4H2,1H3,(H,12,13,14)/t6-/m1/s1. The number of aromatic amines is 1. The van der Waals surface area contributed by atoms with E-state index in [1.54, 1.807) is 6.33 Å². The Morgan fingerprint density at radius 2 is 2.47 bits per heavy atom. The summed E-state index contributed by atoms with van der Waals surface area (Å²) in [6.45, 7) is 2.32. The van der Waals surface area contributed by atoms with E-state index in [0.29, 0.717) is 0 Å². The summed E-state index contributed by atoms with van der Waals surface area (Å²) < 4.78 is 0.854. The third-order valence-corrected chi connectivity index (χ3v) is 4.58. The van der Waals surface area contributed by atoms with Crippen molar-refractivity contribution >= 4 is 33.8 Å². The summed E-state index contributed by atoms with van der Waals surface area (Å²) in [5.74, 6) is 0.808. The summed E-state index contributed by atoms with van der Waals surface area (Å²) in [7, 11) is 0. The van der Waals surface area contributed by atoms with Crippen molar-refractivity contribution in [3.05, 3.63) is 21.4 Å². The number of hydrogen-bond donors (Lipinski definition) is 1. The van der Waals surface area contributed by atoms with Gasteiger partial charge >= 0.3 is 0 Å². The fourth-order valence-electron chi connectivity index (χ4n) is 2.28. The number of hydrogen-bond acceptors (Lipinski definition) is 3. The molecule has 0 fully saturated rings. The van der Waals surface area contributed by atoms with Gasteiger partial charge in [0.15, 0.2) is 0 Å². The van der Waals surface area contributed by atoms with Crippen molar-refractivity contribution in [2.45, 2.75) is 26.2 Å². The number of H-pyrrole nitrogens is 1. The summed E-state index contributed by atoms with van der Waals surface area (Å²) in [5, 5.41) is 1.21. The zero-order valence-electron chi connectivity index (χ0n) is 8.54. The van der Waals surface area contributed by atoms with Crippen LogP contribution in [0.25, 0.3) is 10.2 Å². The second kappa shape index (κ2) is 3.39. The van der Waals surface area contributed by atoms with Gasteiger partial charge in [-0.25, -0.2) is 4.98 Å². The van der Waals surface area contributed by atoms with Gasteiger partial charge in [-0.05, 0) is 30.7 Å². The molecule has 1 N–H and O–H groups in total. The molecule has 0 saturated carbocycles. The molecule has 0 amide bonds. The first-order valence-electron chi connectivity index (χ1n) is 5.23. The molecule has 1 aliphatic carbocycles. The van der Waals surface area contributed by atoms with Crippen LogP contribution in [0.4, 0.5) is 0 Å². The zero-order valence-corrected chi connectivity index (χ0v) is 10.2. The molecule has 0 aromatic carbocycles. The monoisotopic (exact) mass is 236 g/mol. The van der Waals surface area contributed by atoms with Gasteiger partial charge in [0, 0.05) is 10.3 Å². The maximum Gasteiger partial charge on any atom is 0.128 e. The third-order valence-electron chi connectivity index (χ3n) is 3.10. The molecule has 0 unspecified atom stereocenters. The van der Waals surface area contributed by atoms with Gasteiger partial charge in [-0.15, -0.1) is 11.3 Å². The van der Waals surface area contributed by atoms with Crippen LogP contribution in [0, 0.1) is 10.6 Å². The maximum atomic E-state index is 5.33. The van der Waals surface area contributed by atoms with Gasteiger partial charge in [-0.1, -0.05) is 19.1 Å². The molecule has 15 heavy (non-hydrogen) atoms. The SMILES string of the molecule is C[C@@H]1CCc2c(sc3nc[nH]c(=S)c23)C1. The quantitative estimate of drug-likeness (QED) is 0.709. The molecule has 0 spiro atoms. The van der Waals surface area contributed by atoms with E-state index in [9.17, 15) is 0 Å². The number of thiophene rings is 1. The molecule has 2 aromatic heterocycles. The topological polar surface area (TPSA) is 28.7 Å². The number of aromatic nitrogens is 2. The van der Waals surface area contributed by atoms with Gasteiger partial charge in [0.05, 0.1) is 6.33 Å². The molecule has 2 heterocycles. The molecule has 2 nitrogen and oxygen atoms in total. The first-order valence-corrected chi connectivity index (χ1v) is 6.46. The minimum Gasteiger partial charge on any atom is -0.337 e. The number of nitrogens with one attached hydrogen (secondary N) is 1. The molecule has 0 saturated heterocycles. The smallest absolute Gasteiger partial charge is 0.128 e. The van der Waals surface area contributed by atoms with Crippen LogP contribution in [0.2, 0.25) is 0 Å². The highest BCUT2D eigenvalue weighted by molar-refractivity contribution is 7.71. The predicted molar refractivity (Wildman–Crippen MR) is 66.0 cm³/mol. The Hall–Kier alpha value is -0.740. The van der Waals surface area contributed by atoms with E-state index in [1.165, 1.54) is 35.1 Å². The molecular weight excluding hydrogens is 224 g/mol. The van der Waals surface area contributed by atoms with Crippen LogP contribution in [0.5, 0.6) is 0 Å². The fraction of sp³-hybridized carbons (Fsp3) is 0.455. The molecule has 2 aromatic rings. The summed E-state index contributed by atoms with van der Waals surface area (Å²) in [5.41, 5.74) is 1.46. The van der Waals surface area contributed by atoms with Gasteiger partial charge < -0.3 is 4.98 Å². The zero-order chi connectivity index (χ0) is 10.4. The Morgan fingerprint density at radius 1 is 1.60 bits per heavy atom. The summed E-state index contributed by atoms with van der Waals surface area (Å²) >= 11 is 7.15. The van der Waals surface area contributed by atoms with Crippen molar-refractivity contribution in [1.29, 1.82) is 0 Å². The van der Waals surface area contributed by atoms with Gasteiger partial charge in [0.25, 0.3) is 0 Å². The fourth-order valence-corrected chi connectivity index (χ4v) is 3.98. The minimum atomic E-state index is 0.808. The van der Waals surface area contributed by atoms with Crippen LogP contribution in [0.1, 0.15) is 23.8 Å². The summed E-state index contributed by atoms with van der Waals surface area (Å²) in [6.07, 6.45) is 5.35. The molecule has 0 radical (unpaired) electrons. The Morgan fingerprint density at radius 3 is 3.33 bits per heavy atom. The largest absolute Gasteiger partial charge is 0.337 e. The number of nitrogens with zero attached hydrogens (tertiary/aromatic N) is 1. The van der Waals surface area contributed by atoms with Crippen molar-refractivity contribution < 1.29 is 0 Å². The molecule has 78 valence electrons. The summed E-state index contributed by atoms with van der Waals surface area (Å²) in [4.78, 5) is 10.0. The molecule has 0 aliphatic heterocycles. The lowest BCUT2D eigenvalue weighted by Crippen LogP contribution is -2.08. The lowest BCUT2D eigenvalue weighted by atomic mass is 9.89. The van der Waals surface area contributed by atoms with Crippen LogP contribution in [0.3, 0.4) is 0 Å². The molecule has 4 heteroatoms. The van der Waals surface area contributed by atoms with E-state index in [4.69, 9.17) is 12.2 Å². The Balaban J connectivity index is 2.34.